The second kappa shape index (κ2) is 9.92. The molecule has 0 spiro atoms. The largest absolute Gasteiger partial charge is 0.429 e. The summed E-state index contributed by atoms with van der Waals surface area (Å²) in [5.41, 5.74) is 2.31. The number of fused-ring (bicyclic) bond motifs is 1. The molecule has 3 aromatic carbocycles. The van der Waals surface area contributed by atoms with Gasteiger partial charge in [-0.2, -0.15) is 8.78 Å². The number of alkyl halides is 2. The first-order valence-corrected chi connectivity index (χ1v) is 10.0. The minimum Gasteiger partial charge on any atom is -0.429 e. The highest BCUT2D eigenvalue weighted by Crippen LogP contribution is 2.31. The molecule has 0 aliphatic heterocycles. The molecular formula is C24H23F5O. The van der Waals surface area contributed by atoms with Gasteiger partial charge < -0.3 is 4.74 Å². The Hall–Kier alpha value is -2.63. The second-order valence-electron chi connectivity index (χ2n) is 7.32. The van der Waals surface area contributed by atoms with Gasteiger partial charge in [-0.1, -0.05) is 50.1 Å². The molecule has 0 fully saturated rings. The van der Waals surface area contributed by atoms with Gasteiger partial charge in [0.1, 0.15) is 5.82 Å². The van der Waals surface area contributed by atoms with Crippen LogP contribution in [0.15, 0.2) is 42.5 Å². The predicted molar refractivity (Wildman–Crippen MR) is 108 cm³/mol. The maximum Gasteiger partial charge on any atom is 0.387 e. The first-order valence-electron chi connectivity index (χ1n) is 10.0. The van der Waals surface area contributed by atoms with Crippen molar-refractivity contribution in [3.63, 3.8) is 0 Å². The van der Waals surface area contributed by atoms with Crippen LogP contribution in [0.2, 0.25) is 0 Å². The monoisotopic (exact) mass is 422 g/mol. The third-order valence-corrected chi connectivity index (χ3v) is 5.13. The van der Waals surface area contributed by atoms with E-state index >= 15 is 0 Å². The minimum atomic E-state index is -3.32. The van der Waals surface area contributed by atoms with Crippen LogP contribution in [0.1, 0.15) is 42.9 Å². The average Bonchev–Trinajstić information content (AvgIpc) is 2.70. The van der Waals surface area contributed by atoms with Crippen LogP contribution in [0.3, 0.4) is 0 Å². The van der Waals surface area contributed by atoms with Crippen molar-refractivity contribution in [3.05, 3.63) is 76.6 Å². The molecule has 1 nitrogen and oxygen atoms in total. The van der Waals surface area contributed by atoms with Crippen molar-refractivity contribution in [1.82, 2.24) is 0 Å². The summed E-state index contributed by atoms with van der Waals surface area (Å²) < 4.78 is 71.4. The molecule has 0 aliphatic carbocycles. The van der Waals surface area contributed by atoms with Crippen LogP contribution in [0.4, 0.5) is 22.0 Å². The highest BCUT2D eigenvalue weighted by molar-refractivity contribution is 5.85. The molecule has 0 N–H and O–H groups in total. The van der Waals surface area contributed by atoms with Crippen LogP contribution in [-0.4, -0.2) is 6.61 Å². The molecule has 3 aromatic rings. The molecule has 0 heterocycles. The Labute approximate surface area is 172 Å². The molecule has 0 saturated carbocycles. The molecule has 6 heteroatoms. The van der Waals surface area contributed by atoms with Crippen molar-refractivity contribution < 1.29 is 26.7 Å². The maximum atomic E-state index is 14.4. The molecule has 30 heavy (non-hydrogen) atoms. The van der Waals surface area contributed by atoms with Crippen LogP contribution in [0, 0.1) is 17.5 Å². The van der Waals surface area contributed by atoms with E-state index in [1.165, 1.54) is 6.07 Å². The fourth-order valence-electron chi connectivity index (χ4n) is 3.52. The van der Waals surface area contributed by atoms with Gasteiger partial charge >= 0.3 is 6.61 Å². The van der Waals surface area contributed by atoms with E-state index in [4.69, 9.17) is 0 Å². The van der Waals surface area contributed by atoms with Gasteiger partial charge in [-0.25, -0.2) is 13.2 Å². The summed E-state index contributed by atoms with van der Waals surface area (Å²) in [7, 11) is 0. The number of rotatable bonds is 9. The van der Waals surface area contributed by atoms with Crippen molar-refractivity contribution in [2.75, 3.05) is 0 Å². The minimum absolute atomic E-state index is 0.0154. The molecule has 0 aromatic heterocycles. The van der Waals surface area contributed by atoms with Gasteiger partial charge in [-0.3, -0.25) is 0 Å². The zero-order valence-electron chi connectivity index (χ0n) is 16.7. The first-order chi connectivity index (χ1) is 14.4. The summed E-state index contributed by atoms with van der Waals surface area (Å²) in [6.45, 7) is -1.20. The summed E-state index contributed by atoms with van der Waals surface area (Å²) in [6, 6.07) is 10.8. The van der Waals surface area contributed by atoms with Gasteiger partial charge in [0.05, 0.1) is 0 Å². The lowest BCUT2D eigenvalue weighted by Crippen LogP contribution is -2.06. The van der Waals surface area contributed by atoms with Crippen LogP contribution in [0.25, 0.3) is 10.8 Å². The zero-order chi connectivity index (χ0) is 21.7. The van der Waals surface area contributed by atoms with Crippen molar-refractivity contribution in [3.8, 4) is 5.75 Å². The lowest BCUT2D eigenvalue weighted by Gasteiger charge is -2.11. The van der Waals surface area contributed by atoms with Crippen LogP contribution >= 0.6 is 0 Å². The predicted octanol–water partition coefficient (Wildman–Crippen LogP) is 7.38. The summed E-state index contributed by atoms with van der Waals surface area (Å²) >= 11 is 0. The van der Waals surface area contributed by atoms with E-state index in [9.17, 15) is 22.0 Å². The Kier molecular flexibility index (Phi) is 7.29. The smallest absolute Gasteiger partial charge is 0.387 e. The Bertz CT molecular complexity index is 1020. The van der Waals surface area contributed by atoms with Gasteiger partial charge in [-0.15, -0.1) is 0 Å². The van der Waals surface area contributed by atoms with E-state index in [0.717, 1.165) is 42.9 Å². The van der Waals surface area contributed by atoms with Crippen molar-refractivity contribution >= 4 is 10.8 Å². The van der Waals surface area contributed by atoms with Crippen LogP contribution in [-0.2, 0) is 19.3 Å². The Morgan fingerprint density at radius 2 is 1.53 bits per heavy atom. The van der Waals surface area contributed by atoms with E-state index in [-0.39, 0.29) is 16.6 Å². The van der Waals surface area contributed by atoms with Gasteiger partial charge in [-0.05, 0) is 59.9 Å². The number of hydrogen-bond donors (Lipinski definition) is 0. The Balaban J connectivity index is 1.73. The van der Waals surface area contributed by atoms with Crippen LogP contribution < -0.4 is 4.74 Å². The van der Waals surface area contributed by atoms with Gasteiger partial charge in [0.2, 0.25) is 0 Å². The fourth-order valence-corrected chi connectivity index (χ4v) is 3.52. The molecule has 0 radical (unpaired) electrons. The van der Waals surface area contributed by atoms with E-state index in [0.29, 0.717) is 18.4 Å². The van der Waals surface area contributed by atoms with Crippen LogP contribution in [0.5, 0.6) is 5.75 Å². The summed E-state index contributed by atoms with van der Waals surface area (Å²) in [6.07, 6.45) is 5.02. The van der Waals surface area contributed by atoms with Crippen molar-refractivity contribution in [2.45, 2.75) is 52.1 Å². The third kappa shape index (κ3) is 5.29. The number of benzene rings is 3. The van der Waals surface area contributed by atoms with Crippen molar-refractivity contribution in [2.24, 2.45) is 0 Å². The second-order valence-corrected chi connectivity index (χ2v) is 7.32. The molecule has 0 atom stereocenters. The highest BCUT2D eigenvalue weighted by atomic mass is 19.3. The Morgan fingerprint density at radius 1 is 0.800 bits per heavy atom. The maximum absolute atomic E-state index is 14.4. The lowest BCUT2D eigenvalue weighted by molar-refractivity contribution is -0.0544. The molecular weight excluding hydrogens is 399 g/mol. The van der Waals surface area contributed by atoms with Gasteiger partial charge in [0, 0.05) is 5.39 Å². The number of unbranched alkanes of at least 4 members (excludes halogenated alkanes) is 2. The number of hydrogen-bond acceptors (Lipinski definition) is 1. The normalized spacial score (nSPS) is 11.4. The topological polar surface area (TPSA) is 9.23 Å². The SMILES string of the molecule is CCCCCc1ccc(CCc2ccc3c(F)c(OC(F)F)c(F)cc3c2)c(F)c1. The van der Waals surface area contributed by atoms with E-state index < -0.39 is 24.0 Å². The van der Waals surface area contributed by atoms with Gasteiger partial charge in [0.25, 0.3) is 0 Å². The third-order valence-electron chi connectivity index (χ3n) is 5.13. The molecule has 0 aliphatic rings. The summed E-state index contributed by atoms with van der Waals surface area (Å²) in [5, 5.41) is 0.217. The number of ether oxygens (including phenoxy) is 1. The van der Waals surface area contributed by atoms with E-state index in [1.54, 1.807) is 24.3 Å². The summed E-state index contributed by atoms with van der Waals surface area (Å²) in [4.78, 5) is 0. The van der Waals surface area contributed by atoms with E-state index in [2.05, 4.69) is 11.7 Å². The van der Waals surface area contributed by atoms with E-state index in [1.807, 2.05) is 6.07 Å². The molecule has 0 unspecified atom stereocenters. The number of aryl methyl sites for hydroxylation is 3. The fraction of sp³-hybridized carbons (Fsp3) is 0.333. The standard InChI is InChI=1S/C24H23F5O/c1-2-3-4-5-15-6-9-17(20(25)13-15)10-7-16-8-11-19-18(12-16)14-21(26)23(22(19)27)30-24(28)29/h6,8-9,11-14,24H,2-5,7,10H2,1H3. The zero-order valence-corrected chi connectivity index (χ0v) is 16.7. The van der Waals surface area contributed by atoms with Gasteiger partial charge in [0.15, 0.2) is 17.4 Å². The molecule has 0 bridgehead atoms. The number of halogens is 5. The van der Waals surface area contributed by atoms with Crippen molar-refractivity contribution in [1.29, 1.82) is 0 Å². The molecule has 3 rings (SSSR count). The molecule has 160 valence electrons. The Morgan fingerprint density at radius 3 is 2.23 bits per heavy atom. The quantitative estimate of drug-likeness (QED) is 0.258. The lowest BCUT2D eigenvalue weighted by atomic mass is 9.98. The molecule has 0 amide bonds. The average molecular weight is 422 g/mol. The highest BCUT2D eigenvalue weighted by Gasteiger charge is 2.19. The molecule has 0 saturated heterocycles. The summed E-state index contributed by atoms with van der Waals surface area (Å²) in [5.74, 6) is -3.70. The first kappa shape index (κ1) is 22.1.